The lowest BCUT2D eigenvalue weighted by atomic mass is 9.82. The van der Waals surface area contributed by atoms with Crippen LogP contribution in [0.3, 0.4) is 0 Å². The van der Waals surface area contributed by atoms with Crippen LogP contribution >= 0.6 is 0 Å². The fourth-order valence-corrected chi connectivity index (χ4v) is 2.66. The summed E-state index contributed by atoms with van der Waals surface area (Å²) in [5.74, 6) is 0.425. The zero-order valence-electron chi connectivity index (χ0n) is 10.4. The van der Waals surface area contributed by atoms with Crippen LogP contribution in [-0.4, -0.2) is 10.9 Å². The van der Waals surface area contributed by atoms with Gasteiger partial charge >= 0.3 is 0 Å². The van der Waals surface area contributed by atoms with Crippen molar-refractivity contribution < 1.29 is 9.90 Å². The Bertz CT molecular complexity index is 392. The molecule has 1 aliphatic rings. The number of aliphatic hydroxyl groups is 1. The maximum Gasteiger partial charge on any atom is 0.159 e. The van der Waals surface area contributed by atoms with Crippen molar-refractivity contribution in [3.63, 3.8) is 0 Å². The number of ketones is 1. The van der Waals surface area contributed by atoms with E-state index in [-0.39, 0.29) is 5.78 Å². The second-order valence-electron chi connectivity index (χ2n) is 5.02. The summed E-state index contributed by atoms with van der Waals surface area (Å²) in [5.41, 5.74) is 1.59. The van der Waals surface area contributed by atoms with Crippen LogP contribution in [0.4, 0.5) is 0 Å². The number of Topliss-reactive ketones (excluding diaryl/α,β-unsaturated/α-hetero) is 1. The molecule has 0 aliphatic heterocycles. The smallest absolute Gasteiger partial charge is 0.159 e. The molecule has 1 saturated carbocycles. The van der Waals surface area contributed by atoms with Crippen molar-refractivity contribution in [2.24, 2.45) is 5.92 Å². The Morgan fingerprint density at radius 1 is 1.29 bits per heavy atom. The average molecular weight is 232 g/mol. The molecule has 0 bridgehead atoms. The lowest BCUT2D eigenvalue weighted by Crippen LogP contribution is -2.16. The van der Waals surface area contributed by atoms with Crippen LogP contribution < -0.4 is 0 Å². The van der Waals surface area contributed by atoms with Crippen LogP contribution in [0, 0.1) is 5.92 Å². The summed E-state index contributed by atoms with van der Waals surface area (Å²) < 4.78 is 0. The van der Waals surface area contributed by atoms with Gasteiger partial charge in [-0.3, -0.25) is 4.79 Å². The molecule has 1 aliphatic carbocycles. The van der Waals surface area contributed by atoms with E-state index in [2.05, 4.69) is 0 Å². The molecule has 92 valence electrons. The Labute approximate surface area is 103 Å². The number of hydrogen-bond acceptors (Lipinski definition) is 2. The van der Waals surface area contributed by atoms with E-state index < -0.39 is 6.10 Å². The van der Waals surface area contributed by atoms with E-state index in [0.717, 1.165) is 18.4 Å². The molecule has 2 heteroatoms. The lowest BCUT2D eigenvalue weighted by molar-refractivity contribution is 0.0847. The van der Waals surface area contributed by atoms with Gasteiger partial charge in [-0.25, -0.2) is 0 Å². The van der Waals surface area contributed by atoms with E-state index in [1.165, 1.54) is 19.3 Å². The van der Waals surface area contributed by atoms with Crippen LogP contribution in [0.1, 0.15) is 61.1 Å². The summed E-state index contributed by atoms with van der Waals surface area (Å²) >= 11 is 0. The first-order valence-electron chi connectivity index (χ1n) is 6.47. The summed E-state index contributed by atoms with van der Waals surface area (Å²) in [6, 6.07) is 7.42. The Kier molecular flexibility index (Phi) is 3.95. The van der Waals surface area contributed by atoms with Gasteiger partial charge in [0.15, 0.2) is 5.78 Å². The highest BCUT2D eigenvalue weighted by Crippen LogP contribution is 2.34. The molecule has 0 spiro atoms. The Morgan fingerprint density at radius 3 is 2.65 bits per heavy atom. The molecule has 0 aromatic heterocycles. The van der Waals surface area contributed by atoms with E-state index in [1.807, 2.05) is 18.2 Å². The molecular weight excluding hydrogens is 212 g/mol. The molecule has 1 atom stereocenters. The average Bonchev–Trinajstić information content (AvgIpc) is 2.39. The van der Waals surface area contributed by atoms with Crippen LogP contribution in [0.15, 0.2) is 24.3 Å². The highest BCUT2D eigenvalue weighted by Gasteiger charge is 2.23. The number of rotatable bonds is 3. The maximum absolute atomic E-state index is 11.3. The molecule has 0 heterocycles. The summed E-state index contributed by atoms with van der Waals surface area (Å²) in [7, 11) is 0. The predicted octanol–water partition coefficient (Wildman–Crippen LogP) is 3.50. The van der Waals surface area contributed by atoms with E-state index in [0.29, 0.717) is 11.5 Å². The molecule has 1 aromatic carbocycles. The highest BCUT2D eigenvalue weighted by molar-refractivity contribution is 5.94. The summed E-state index contributed by atoms with van der Waals surface area (Å²) in [5, 5.41) is 10.3. The van der Waals surface area contributed by atoms with Crippen LogP contribution in [-0.2, 0) is 0 Å². The van der Waals surface area contributed by atoms with Gasteiger partial charge in [-0.2, -0.15) is 0 Å². The molecule has 2 rings (SSSR count). The molecule has 0 amide bonds. The topological polar surface area (TPSA) is 37.3 Å². The van der Waals surface area contributed by atoms with Gasteiger partial charge in [-0.1, -0.05) is 37.5 Å². The second-order valence-corrected chi connectivity index (χ2v) is 5.02. The normalized spacial score (nSPS) is 18.9. The summed E-state index contributed by atoms with van der Waals surface area (Å²) in [6.45, 7) is 1.56. The number of carbonyl (C=O) groups excluding carboxylic acids is 1. The molecule has 1 aromatic rings. The van der Waals surface area contributed by atoms with Crippen LogP contribution in [0.25, 0.3) is 0 Å². The minimum absolute atomic E-state index is 0.0581. The maximum atomic E-state index is 11.3. The molecule has 17 heavy (non-hydrogen) atoms. The van der Waals surface area contributed by atoms with Crippen molar-refractivity contribution in [2.75, 3.05) is 0 Å². The molecule has 1 N–H and O–H groups in total. The third-order valence-electron chi connectivity index (χ3n) is 3.73. The second kappa shape index (κ2) is 5.46. The highest BCUT2D eigenvalue weighted by atomic mass is 16.3. The first-order chi connectivity index (χ1) is 8.18. The predicted molar refractivity (Wildman–Crippen MR) is 68.0 cm³/mol. The van der Waals surface area contributed by atoms with Crippen molar-refractivity contribution in [1.82, 2.24) is 0 Å². The zero-order valence-corrected chi connectivity index (χ0v) is 10.4. The largest absolute Gasteiger partial charge is 0.388 e. The number of carbonyl (C=O) groups is 1. The van der Waals surface area contributed by atoms with Crippen LogP contribution in [0.5, 0.6) is 0 Å². The van der Waals surface area contributed by atoms with Gasteiger partial charge in [-0.15, -0.1) is 0 Å². The van der Waals surface area contributed by atoms with Gasteiger partial charge in [0.1, 0.15) is 0 Å². The minimum Gasteiger partial charge on any atom is -0.388 e. The Hall–Kier alpha value is -1.15. The molecule has 1 fully saturated rings. The van der Waals surface area contributed by atoms with E-state index in [9.17, 15) is 9.90 Å². The fraction of sp³-hybridized carbons (Fsp3) is 0.533. The monoisotopic (exact) mass is 232 g/mol. The minimum atomic E-state index is -0.408. The molecular formula is C15H20O2. The molecule has 1 unspecified atom stereocenters. The van der Waals surface area contributed by atoms with Crippen molar-refractivity contribution >= 4 is 5.78 Å². The number of aliphatic hydroxyl groups excluding tert-OH is 1. The van der Waals surface area contributed by atoms with Gasteiger partial charge in [0.05, 0.1) is 6.10 Å². The fourth-order valence-electron chi connectivity index (χ4n) is 2.66. The first kappa shape index (κ1) is 12.3. The van der Waals surface area contributed by atoms with Crippen molar-refractivity contribution in [3.8, 4) is 0 Å². The van der Waals surface area contributed by atoms with Gasteiger partial charge in [-0.05, 0) is 37.3 Å². The van der Waals surface area contributed by atoms with Gasteiger partial charge in [0, 0.05) is 5.56 Å². The quantitative estimate of drug-likeness (QED) is 0.810. The zero-order chi connectivity index (χ0) is 12.3. The molecule has 2 nitrogen and oxygen atoms in total. The summed E-state index contributed by atoms with van der Waals surface area (Å²) in [4.78, 5) is 11.3. The van der Waals surface area contributed by atoms with Crippen molar-refractivity contribution in [1.29, 1.82) is 0 Å². The molecule has 0 radical (unpaired) electrons. The van der Waals surface area contributed by atoms with E-state index >= 15 is 0 Å². The Morgan fingerprint density at radius 2 is 2.00 bits per heavy atom. The van der Waals surface area contributed by atoms with E-state index in [1.54, 1.807) is 13.0 Å². The third-order valence-corrected chi connectivity index (χ3v) is 3.73. The van der Waals surface area contributed by atoms with Crippen molar-refractivity contribution in [2.45, 2.75) is 45.1 Å². The summed E-state index contributed by atoms with van der Waals surface area (Å²) in [6.07, 6.45) is 5.52. The first-order valence-corrected chi connectivity index (χ1v) is 6.47. The Balaban J connectivity index is 2.14. The van der Waals surface area contributed by atoms with Crippen LogP contribution in [0.2, 0.25) is 0 Å². The van der Waals surface area contributed by atoms with Gasteiger partial charge in [0.2, 0.25) is 0 Å². The van der Waals surface area contributed by atoms with Crippen molar-refractivity contribution in [3.05, 3.63) is 35.4 Å². The number of hydrogen-bond donors (Lipinski definition) is 1. The SMILES string of the molecule is CC(=O)c1cccc(C(O)C2CCCCC2)c1. The number of benzene rings is 1. The van der Waals surface area contributed by atoms with Gasteiger partial charge in [0.25, 0.3) is 0 Å². The third kappa shape index (κ3) is 2.95. The van der Waals surface area contributed by atoms with E-state index in [4.69, 9.17) is 0 Å². The standard InChI is InChI=1S/C15H20O2/c1-11(16)13-8-5-9-14(10-13)15(17)12-6-3-2-4-7-12/h5,8-10,12,15,17H,2-4,6-7H2,1H3. The molecule has 0 saturated heterocycles. The van der Waals surface area contributed by atoms with Gasteiger partial charge < -0.3 is 5.11 Å². The lowest BCUT2D eigenvalue weighted by Gasteiger charge is -2.27.